The summed E-state index contributed by atoms with van der Waals surface area (Å²) < 4.78 is 0.633. The molecule has 1 aromatic carbocycles. The van der Waals surface area contributed by atoms with Gasteiger partial charge in [-0.3, -0.25) is 4.79 Å². The molecule has 1 heterocycles. The second-order valence-electron chi connectivity index (χ2n) is 4.28. The van der Waals surface area contributed by atoms with E-state index < -0.39 is 0 Å². The molecule has 1 amide bonds. The number of carbonyl (C=O) groups is 1. The Labute approximate surface area is 140 Å². The zero-order valence-corrected chi connectivity index (χ0v) is 14.6. The zero-order valence-electron chi connectivity index (χ0n) is 11.5. The number of nitrogen functional groups attached to an aromatic ring is 1. The van der Waals surface area contributed by atoms with Crippen LogP contribution in [0, 0.1) is 0 Å². The van der Waals surface area contributed by atoms with Crippen molar-refractivity contribution < 1.29 is 4.79 Å². The predicted molar refractivity (Wildman–Crippen MR) is 92.6 cm³/mol. The van der Waals surface area contributed by atoms with Gasteiger partial charge >= 0.3 is 0 Å². The van der Waals surface area contributed by atoms with E-state index in [1.165, 1.54) is 11.3 Å². The molecular formula is C13H14BrClN4OS. The number of hydrogen-bond donors (Lipinski definition) is 2. The van der Waals surface area contributed by atoms with Crippen LogP contribution < -0.4 is 16.0 Å². The van der Waals surface area contributed by atoms with Crippen molar-refractivity contribution in [3.8, 4) is 0 Å². The van der Waals surface area contributed by atoms with E-state index in [-0.39, 0.29) is 11.7 Å². The maximum Gasteiger partial charge on any atom is 0.269 e. The lowest BCUT2D eigenvalue weighted by Gasteiger charge is -2.11. The molecule has 3 N–H and O–H groups in total. The van der Waals surface area contributed by atoms with Crippen molar-refractivity contribution in [3.05, 3.63) is 32.6 Å². The van der Waals surface area contributed by atoms with E-state index in [0.717, 1.165) is 6.54 Å². The summed E-state index contributed by atoms with van der Waals surface area (Å²) in [5, 5.41) is 4.02. The van der Waals surface area contributed by atoms with Crippen molar-refractivity contribution in [2.75, 3.05) is 29.5 Å². The average molecular weight is 390 g/mol. The molecule has 1 aromatic heterocycles. The Kier molecular flexibility index (Phi) is 5.08. The molecule has 0 spiro atoms. The van der Waals surface area contributed by atoms with Gasteiger partial charge in [-0.15, -0.1) is 0 Å². The molecule has 112 valence electrons. The molecule has 0 bridgehead atoms. The number of hydrogen-bond acceptors (Lipinski definition) is 5. The number of nitrogens with one attached hydrogen (secondary N) is 1. The molecule has 0 fully saturated rings. The number of aromatic nitrogens is 1. The van der Waals surface area contributed by atoms with Gasteiger partial charge in [-0.1, -0.05) is 29.0 Å². The number of nitrogens with two attached hydrogens (primary N) is 1. The Morgan fingerprint density at radius 1 is 1.57 bits per heavy atom. The summed E-state index contributed by atoms with van der Waals surface area (Å²) in [6, 6.07) is 5.25. The first-order chi connectivity index (χ1) is 9.93. The number of rotatable bonds is 4. The predicted octanol–water partition coefficient (Wildman–Crippen LogP) is 3.85. The fraction of sp³-hybridized carbons (Fsp3) is 0.231. The monoisotopic (exact) mass is 388 g/mol. The first-order valence-corrected chi connectivity index (χ1v) is 8.15. The Bertz CT molecular complexity index is 676. The van der Waals surface area contributed by atoms with Crippen LogP contribution in [0.15, 0.2) is 22.7 Å². The lowest BCUT2D eigenvalue weighted by Crippen LogP contribution is -2.15. The van der Waals surface area contributed by atoms with Gasteiger partial charge in [-0.05, 0) is 35.0 Å². The Hall–Kier alpha value is -1.31. The van der Waals surface area contributed by atoms with Gasteiger partial charge in [0.15, 0.2) is 5.13 Å². The number of carbonyl (C=O) groups excluding carboxylic acids is 1. The Morgan fingerprint density at radius 2 is 2.29 bits per heavy atom. The molecule has 0 radical (unpaired) electrons. The molecule has 0 atom stereocenters. The quantitative estimate of drug-likeness (QED) is 0.833. The van der Waals surface area contributed by atoms with Gasteiger partial charge in [0.2, 0.25) is 0 Å². The summed E-state index contributed by atoms with van der Waals surface area (Å²) in [5.74, 6) is -0.0744. The van der Waals surface area contributed by atoms with Crippen molar-refractivity contribution in [1.82, 2.24) is 4.98 Å². The van der Waals surface area contributed by atoms with Crippen LogP contribution in [-0.2, 0) is 0 Å². The number of halogens is 2. The van der Waals surface area contributed by atoms with Crippen LogP contribution in [0.25, 0.3) is 0 Å². The Morgan fingerprint density at radius 3 is 2.95 bits per heavy atom. The highest BCUT2D eigenvalue weighted by Gasteiger charge is 2.18. The zero-order chi connectivity index (χ0) is 15.6. The van der Waals surface area contributed by atoms with Crippen molar-refractivity contribution in [1.29, 1.82) is 0 Å². The third kappa shape index (κ3) is 3.48. The second kappa shape index (κ2) is 6.64. The van der Waals surface area contributed by atoms with E-state index >= 15 is 0 Å². The second-order valence-corrected chi connectivity index (χ2v) is 6.46. The summed E-state index contributed by atoms with van der Waals surface area (Å²) in [5.41, 5.74) is 6.42. The van der Waals surface area contributed by atoms with Gasteiger partial charge in [-0.2, -0.15) is 0 Å². The molecule has 0 aliphatic rings. The molecule has 2 aromatic rings. The van der Waals surface area contributed by atoms with E-state index in [2.05, 4.69) is 26.2 Å². The number of nitrogens with zero attached hydrogens (tertiary/aromatic N) is 2. The molecule has 0 aliphatic heterocycles. The van der Waals surface area contributed by atoms with Gasteiger partial charge in [0.05, 0.1) is 15.2 Å². The molecule has 8 heteroatoms. The molecule has 21 heavy (non-hydrogen) atoms. The molecule has 2 rings (SSSR count). The summed E-state index contributed by atoms with van der Waals surface area (Å²) in [4.78, 5) is 18.8. The van der Waals surface area contributed by atoms with Crippen LogP contribution in [0.2, 0.25) is 5.02 Å². The lowest BCUT2D eigenvalue weighted by molar-refractivity contribution is 0.103. The fourth-order valence-electron chi connectivity index (χ4n) is 1.56. The van der Waals surface area contributed by atoms with Crippen LogP contribution in [0.4, 0.5) is 16.6 Å². The largest absolute Gasteiger partial charge is 0.382 e. The van der Waals surface area contributed by atoms with E-state index in [0.29, 0.717) is 25.2 Å². The Balaban J connectivity index is 2.25. The minimum Gasteiger partial charge on any atom is -0.382 e. The topological polar surface area (TPSA) is 71.2 Å². The fourth-order valence-corrected chi connectivity index (χ4v) is 3.00. The van der Waals surface area contributed by atoms with E-state index in [1.54, 1.807) is 18.2 Å². The van der Waals surface area contributed by atoms with Crippen LogP contribution >= 0.6 is 38.9 Å². The number of thiazole rings is 1. The summed E-state index contributed by atoms with van der Waals surface area (Å²) in [7, 11) is 1.90. The van der Waals surface area contributed by atoms with E-state index in [1.807, 2.05) is 18.9 Å². The van der Waals surface area contributed by atoms with Crippen LogP contribution in [-0.4, -0.2) is 24.5 Å². The third-order valence-corrected chi connectivity index (χ3v) is 5.43. The van der Waals surface area contributed by atoms with Crippen LogP contribution in [0.5, 0.6) is 0 Å². The molecule has 0 aliphatic carbocycles. The average Bonchev–Trinajstić information content (AvgIpc) is 2.85. The number of anilines is 3. The van der Waals surface area contributed by atoms with Crippen molar-refractivity contribution in [3.63, 3.8) is 0 Å². The standard InChI is InChI=1S/C13H14BrClN4OS/c1-3-19(2)13-18-11(16)10(21-13)12(20)17-8-6-4-5-7(15)9(8)14/h4-6H,3,16H2,1-2H3,(H,17,20). The van der Waals surface area contributed by atoms with Crippen molar-refractivity contribution >= 4 is 61.4 Å². The summed E-state index contributed by atoms with van der Waals surface area (Å²) in [6.45, 7) is 2.79. The number of benzene rings is 1. The highest BCUT2D eigenvalue weighted by atomic mass is 79.9. The first kappa shape index (κ1) is 16.1. The van der Waals surface area contributed by atoms with Crippen LogP contribution in [0.3, 0.4) is 0 Å². The van der Waals surface area contributed by atoms with Gasteiger partial charge in [0, 0.05) is 13.6 Å². The van der Waals surface area contributed by atoms with Crippen molar-refractivity contribution in [2.24, 2.45) is 0 Å². The smallest absolute Gasteiger partial charge is 0.269 e. The van der Waals surface area contributed by atoms with Gasteiger partial charge in [0.1, 0.15) is 10.7 Å². The highest BCUT2D eigenvalue weighted by Crippen LogP contribution is 2.32. The third-order valence-electron chi connectivity index (χ3n) is 2.85. The minimum absolute atomic E-state index is 0.228. The highest BCUT2D eigenvalue weighted by molar-refractivity contribution is 9.10. The van der Waals surface area contributed by atoms with E-state index in [9.17, 15) is 4.79 Å². The van der Waals surface area contributed by atoms with Gasteiger partial charge < -0.3 is 16.0 Å². The SMILES string of the molecule is CCN(C)c1nc(N)c(C(=O)Nc2cccc(Cl)c2Br)s1. The van der Waals surface area contributed by atoms with Gasteiger partial charge in [0.25, 0.3) is 5.91 Å². The normalized spacial score (nSPS) is 10.5. The van der Waals surface area contributed by atoms with Gasteiger partial charge in [-0.25, -0.2) is 4.98 Å². The maximum atomic E-state index is 12.3. The van der Waals surface area contributed by atoms with E-state index in [4.69, 9.17) is 17.3 Å². The lowest BCUT2D eigenvalue weighted by atomic mass is 10.3. The molecule has 0 saturated heterocycles. The van der Waals surface area contributed by atoms with Crippen LogP contribution in [0.1, 0.15) is 16.6 Å². The summed E-state index contributed by atoms with van der Waals surface area (Å²) >= 11 is 10.6. The minimum atomic E-state index is -0.302. The summed E-state index contributed by atoms with van der Waals surface area (Å²) in [6.07, 6.45) is 0. The first-order valence-electron chi connectivity index (χ1n) is 6.16. The molecule has 0 unspecified atom stereocenters. The number of amides is 1. The van der Waals surface area contributed by atoms with Crippen molar-refractivity contribution in [2.45, 2.75) is 6.92 Å². The molecular weight excluding hydrogens is 376 g/mol. The molecule has 5 nitrogen and oxygen atoms in total. The maximum absolute atomic E-state index is 12.3. The molecule has 0 saturated carbocycles.